The van der Waals surface area contributed by atoms with Gasteiger partial charge in [0.2, 0.25) is 0 Å². The van der Waals surface area contributed by atoms with Gasteiger partial charge in [-0.05, 0) is 39.2 Å². The van der Waals surface area contributed by atoms with Crippen LogP contribution in [-0.4, -0.2) is 23.4 Å². The Morgan fingerprint density at radius 3 is 2.52 bits per heavy atom. The number of benzene rings is 2. The molecule has 4 nitrogen and oxygen atoms in total. The average Bonchev–Trinajstić information content (AvgIpc) is 2.50. The molecule has 0 aliphatic heterocycles. The first-order valence-corrected chi connectivity index (χ1v) is 7.36. The first kappa shape index (κ1) is 15.8. The highest BCUT2D eigenvalue weighted by Gasteiger charge is 2.20. The lowest BCUT2D eigenvalue weighted by atomic mass is 9.96. The highest BCUT2D eigenvalue weighted by atomic mass is 79.9. The average molecular weight is 352 g/mol. The number of phenols is 1. The summed E-state index contributed by atoms with van der Waals surface area (Å²) in [6, 6.07) is 12.4. The number of rotatable bonds is 5. The first-order chi connectivity index (χ1) is 10.0. The molecule has 0 aromatic heterocycles. The van der Waals surface area contributed by atoms with E-state index >= 15 is 0 Å². The highest BCUT2D eigenvalue weighted by Crippen LogP contribution is 2.37. The van der Waals surface area contributed by atoms with Gasteiger partial charge in [0.25, 0.3) is 0 Å². The Morgan fingerprint density at radius 2 is 1.90 bits per heavy atom. The summed E-state index contributed by atoms with van der Waals surface area (Å²) in [7, 11) is 1.47. The van der Waals surface area contributed by atoms with E-state index in [-0.39, 0.29) is 5.75 Å². The molecule has 0 saturated carbocycles. The minimum atomic E-state index is -0.728. The van der Waals surface area contributed by atoms with Crippen molar-refractivity contribution < 1.29 is 14.9 Å². The second-order valence-corrected chi connectivity index (χ2v) is 5.69. The second kappa shape index (κ2) is 6.93. The zero-order valence-corrected chi connectivity index (χ0v) is 13.2. The minimum Gasteiger partial charge on any atom is -0.503 e. The number of aromatic hydroxyl groups is 1. The van der Waals surface area contributed by atoms with Crippen LogP contribution < -0.4 is 10.5 Å². The number of hydrogen-bond donors (Lipinski definition) is 3. The van der Waals surface area contributed by atoms with Crippen molar-refractivity contribution in [3.05, 3.63) is 58.1 Å². The van der Waals surface area contributed by atoms with Crippen molar-refractivity contribution in [2.45, 2.75) is 18.6 Å². The Morgan fingerprint density at radius 1 is 1.24 bits per heavy atom. The summed E-state index contributed by atoms with van der Waals surface area (Å²) in [5.74, 6) is 0.340. The molecule has 5 heteroatoms. The SMILES string of the molecule is COc1cc([C@H](N)[C@H](O)Cc2ccccc2)cc(Br)c1O. The Balaban J connectivity index is 2.19. The molecule has 0 unspecified atom stereocenters. The molecule has 0 spiro atoms. The largest absolute Gasteiger partial charge is 0.503 e. The Hall–Kier alpha value is -1.56. The van der Waals surface area contributed by atoms with Crippen molar-refractivity contribution >= 4 is 15.9 Å². The number of phenolic OH excluding ortho intramolecular Hbond substituents is 1. The maximum Gasteiger partial charge on any atom is 0.172 e. The van der Waals surface area contributed by atoms with Crippen LogP contribution in [0.25, 0.3) is 0 Å². The third kappa shape index (κ3) is 3.75. The molecule has 112 valence electrons. The van der Waals surface area contributed by atoms with Gasteiger partial charge in [-0.15, -0.1) is 0 Å². The smallest absolute Gasteiger partial charge is 0.172 e. The van der Waals surface area contributed by atoms with E-state index in [0.29, 0.717) is 22.2 Å². The summed E-state index contributed by atoms with van der Waals surface area (Å²) < 4.78 is 5.58. The van der Waals surface area contributed by atoms with E-state index in [4.69, 9.17) is 10.5 Å². The normalized spacial score (nSPS) is 13.7. The van der Waals surface area contributed by atoms with Gasteiger partial charge in [0.1, 0.15) is 0 Å². The van der Waals surface area contributed by atoms with Gasteiger partial charge < -0.3 is 20.7 Å². The fourth-order valence-corrected chi connectivity index (χ4v) is 2.61. The monoisotopic (exact) mass is 351 g/mol. The van der Waals surface area contributed by atoms with Crippen LogP contribution in [0, 0.1) is 0 Å². The van der Waals surface area contributed by atoms with Crippen LogP contribution in [0.3, 0.4) is 0 Å². The van der Waals surface area contributed by atoms with Crippen molar-refractivity contribution in [1.82, 2.24) is 0 Å². The lowest BCUT2D eigenvalue weighted by Crippen LogP contribution is -2.28. The summed E-state index contributed by atoms with van der Waals surface area (Å²) in [4.78, 5) is 0. The van der Waals surface area contributed by atoms with Crippen molar-refractivity contribution in [2.24, 2.45) is 5.73 Å². The minimum absolute atomic E-state index is 0.0194. The number of aliphatic hydroxyl groups excluding tert-OH is 1. The number of hydrogen-bond acceptors (Lipinski definition) is 4. The maximum atomic E-state index is 10.3. The number of methoxy groups -OCH3 is 1. The van der Waals surface area contributed by atoms with Gasteiger partial charge in [-0.25, -0.2) is 0 Å². The molecule has 0 fully saturated rings. The molecule has 0 aliphatic rings. The summed E-state index contributed by atoms with van der Waals surface area (Å²) in [6.45, 7) is 0. The van der Waals surface area contributed by atoms with Gasteiger partial charge in [-0.1, -0.05) is 30.3 Å². The van der Waals surface area contributed by atoms with E-state index in [1.807, 2.05) is 30.3 Å². The zero-order valence-electron chi connectivity index (χ0n) is 11.7. The van der Waals surface area contributed by atoms with E-state index in [9.17, 15) is 10.2 Å². The summed E-state index contributed by atoms with van der Waals surface area (Å²) in [5.41, 5.74) is 7.83. The molecule has 2 aromatic carbocycles. The molecule has 2 rings (SSSR count). The molecule has 2 atom stereocenters. The van der Waals surface area contributed by atoms with Crippen LogP contribution in [0.5, 0.6) is 11.5 Å². The Labute approximate surface area is 132 Å². The molecular weight excluding hydrogens is 334 g/mol. The summed E-state index contributed by atoms with van der Waals surface area (Å²) in [5, 5.41) is 20.1. The fraction of sp³-hybridized carbons (Fsp3) is 0.250. The molecule has 2 aromatic rings. The number of halogens is 1. The molecule has 0 aliphatic carbocycles. The molecule has 0 bridgehead atoms. The third-order valence-electron chi connectivity index (χ3n) is 3.36. The molecule has 21 heavy (non-hydrogen) atoms. The molecule has 0 saturated heterocycles. The van der Waals surface area contributed by atoms with Crippen LogP contribution >= 0.6 is 15.9 Å². The Kier molecular flexibility index (Phi) is 5.22. The standard InChI is InChI=1S/C16H18BrNO3/c1-21-14-9-11(8-12(17)16(14)20)15(18)13(19)7-10-5-3-2-4-6-10/h2-6,8-9,13,15,19-20H,7,18H2,1H3/t13-,15+/m1/s1. The van der Waals surface area contributed by atoms with E-state index in [2.05, 4.69) is 15.9 Å². The van der Waals surface area contributed by atoms with Crippen LogP contribution in [0.15, 0.2) is 46.9 Å². The third-order valence-corrected chi connectivity index (χ3v) is 3.96. The van der Waals surface area contributed by atoms with Crippen LogP contribution in [0.4, 0.5) is 0 Å². The number of nitrogens with two attached hydrogens (primary N) is 1. The van der Waals surface area contributed by atoms with Gasteiger partial charge in [0.15, 0.2) is 11.5 Å². The number of ether oxygens (including phenoxy) is 1. The first-order valence-electron chi connectivity index (χ1n) is 6.57. The molecule has 4 N–H and O–H groups in total. The van der Waals surface area contributed by atoms with Crippen molar-refractivity contribution in [2.75, 3.05) is 7.11 Å². The van der Waals surface area contributed by atoms with Crippen LogP contribution in [-0.2, 0) is 6.42 Å². The van der Waals surface area contributed by atoms with Crippen molar-refractivity contribution in [3.63, 3.8) is 0 Å². The topological polar surface area (TPSA) is 75.7 Å². The summed E-state index contributed by atoms with van der Waals surface area (Å²) in [6.07, 6.45) is -0.267. The van der Waals surface area contributed by atoms with E-state index in [1.54, 1.807) is 12.1 Å². The molecule has 0 amide bonds. The van der Waals surface area contributed by atoms with E-state index < -0.39 is 12.1 Å². The fourth-order valence-electron chi connectivity index (χ4n) is 2.15. The highest BCUT2D eigenvalue weighted by molar-refractivity contribution is 9.10. The molecule has 0 radical (unpaired) electrons. The van der Waals surface area contributed by atoms with Crippen LogP contribution in [0.1, 0.15) is 17.2 Å². The predicted octanol–water partition coefficient (Wildman–Crippen LogP) is 2.77. The maximum absolute atomic E-state index is 10.3. The van der Waals surface area contributed by atoms with Crippen molar-refractivity contribution in [3.8, 4) is 11.5 Å². The number of aliphatic hydroxyl groups is 1. The molecule has 0 heterocycles. The Bertz CT molecular complexity index is 604. The van der Waals surface area contributed by atoms with Gasteiger partial charge in [-0.2, -0.15) is 0 Å². The second-order valence-electron chi connectivity index (χ2n) is 4.84. The van der Waals surface area contributed by atoms with Gasteiger partial charge in [-0.3, -0.25) is 0 Å². The van der Waals surface area contributed by atoms with Gasteiger partial charge >= 0.3 is 0 Å². The summed E-state index contributed by atoms with van der Waals surface area (Å²) >= 11 is 3.25. The zero-order chi connectivity index (χ0) is 15.4. The van der Waals surface area contributed by atoms with Gasteiger partial charge in [0, 0.05) is 6.42 Å². The lowest BCUT2D eigenvalue weighted by Gasteiger charge is -2.20. The van der Waals surface area contributed by atoms with Gasteiger partial charge in [0.05, 0.1) is 23.7 Å². The van der Waals surface area contributed by atoms with E-state index in [0.717, 1.165) is 5.56 Å². The van der Waals surface area contributed by atoms with E-state index in [1.165, 1.54) is 7.11 Å². The van der Waals surface area contributed by atoms with Crippen molar-refractivity contribution in [1.29, 1.82) is 0 Å². The molecular formula is C16H18BrNO3. The van der Waals surface area contributed by atoms with Crippen LogP contribution in [0.2, 0.25) is 0 Å². The lowest BCUT2D eigenvalue weighted by molar-refractivity contribution is 0.145. The predicted molar refractivity (Wildman–Crippen MR) is 85.4 cm³/mol. The quantitative estimate of drug-likeness (QED) is 0.774.